The number of H-pyrrole nitrogens is 1. The van der Waals surface area contributed by atoms with Crippen LogP contribution in [-0.2, 0) is 4.79 Å². The maximum absolute atomic E-state index is 13.6. The number of fused-ring (bicyclic) bond motifs is 1. The molecule has 25 heavy (non-hydrogen) atoms. The number of anilines is 1. The zero-order chi connectivity index (χ0) is 18.1. The van der Waals surface area contributed by atoms with E-state index in [0.29, 0.717) is 16.2 Å². The molecule has 1 amide bonds. The maximum atomic E-state index is 13.6. The van der Waals surface area contributed by atoms with Crippen LogP contribution in [-0.4, -0.2) is 31.1 Å². The van der Waals surface area contributed by atoms with Crippen LogP contribution in [0.2, 0.25) is 0 Å². The van der Waals surface area contributed by atoms with Gasteiger partial charge in [-0.2, -0.15) is 0 Å². The van der Waals surface area contributed by atoms with E-state index in [2.05, 4.69) is 19.9 Å². The van der Waals surface area contributed by atoms with E-state index in [0.717, 1.165) is 11.8 Å². The van der Waals surface area contributed by atoms with Crippen LogP contribution in [0.5, 0.6) is 0 Å². The van der Waals surface area contributed by atoms with Gasteiger partial charge in [0.05, 0.1) is 11.6 Å². The predicted molar refractivity (Wildman–Crippen MR) is 81.9 cm³/mol. The van der Waals surface area contributed by atoms with Crippen molar-refractivity contribution in [3.8, 4) is 0 Å². The number of halogens is 4. The highest BCUT2D eigenvalue weighted by molar-refractivity contribution is 8.00. The molecule has 2 N–H and O–H groups in total. The van der Waals surface area contributed by atoms with Gasteiger partial charge in [-0.25, -0.2) is 32.5 Å². The van der Waals surface area contributed by atoms with Gasteiger partial charge in [-0.15, -0.1) is 0 Å². The van der Waals surface area contributed by atoms with Crippen LogP contribution >= 0.6 is 11.8 Å². The number of carbonyl (C=O) groups excluding carboxylic acids is 1. The number of carbonyl (C=O) groups is 1. The fraction of sp³-hybridized carbons (Fsp3) is 0.143. The molecule has 1 atom stereocenters. The van der Waals surface area contributed by atoms with Crippen molar-refractivity contribution >= 4 is 34.5 Å². The predicted octanol–water partition coefficient (Wildman–Crippen LogP) is 3.03. The van der Waals surface area contributed by atoms with Crippen LogP contribution in [0.1, 0.15) is 6.92 Å². The highest BCUT2D eigenvalue weighted by Gasteiger charge is 2.24. The van der Waals surface area contributed by atoms with Crippen molar-refractivity contribution in [2.45, 2.75) is 17.2 Å². The van der Waals surface area contributed by atoms with Crippen LogP contribution < -0.4 is 5.32 Å². The molecule has 0 saturated carbocycles. The van der Waals surface area contributed by atoms with Gasteiger partial charge in [-0.05, 0) is 6.92 Å². The molecule has 3 rings (SSSR count). The number of thioether (sulfide) groups is 1. The normalized spacial score (nSPS) is 12.4. The number of hydrogen-bond donors (Lipinski definition) is 2. The molecular weight excluding hydrogens is 362 g/mol. The second-order valence-electron chi connectivity index (χ2n) is 4.87. The highest BCUT2D eigenvalue weighted by Crippen LogP contribution is 2.28. The number of amides is 1. The zero-order valence-electron chi connectivity index (χ0n) is 12.5. The lowest BCUT2D eigenvalue weighted by Crippen LogP contribution is -2.24. The molecule has 0 aliphatic rings. The van der Waals surface area contributed by atoms with Crippen molar-refractivity contribution in [2.24, 2.45) is 0 Å². The van der Waals surface area contributed by atoms with Gasteiger partial charge < -0.3 is 10.3 Å². The summed E-state index contributed by atoms with van der Waals surface area (Å²) < 4.78 is 53.6. The number of rotatable bonds is 4. The highest BCUT2D eigenvalue weighted by atomic mass is 32.2. The number of aromatic amines is 1. The van der Waals surface area contributed by atoms with Gasteiger partial charge in [0.2, 0.25) is 5.91 Å². The summed E-state index contributed by atoms with van der Waals surface area (Å²) in [6.07, 6.45) is 2.64. The zero-order valence-corrected chi connectivity index (χ0v) is 13.3. The van der Waals surface area contributed by atoms with E-state index in [9.17, 15) is 22.4 Å². The van der Waals surface area contributed by atoms with E-state index in [1.54, 1.807) is 0 Å². The van der Waals surface area contributed by atoms with Crippen LogP contribution in [0.15, 0.2) is 23.7 Å². The average molecular weight is 371 g/mol. The molecule has 2 aromatic heterocycles. The molecule has 0 spiro atoms. The van der Waals surface area contributed by atoms with Crippen molar-refractivity contribution in [2.75, 3.05) is 5.32 Å². The van der Waals surface area contributed by atoms with Crippen LogP contribution in [0.4, 0.5) is 23.2 Å². The minimum atomic E-state index is -1.68. The Morgan fingerprint density at radius 2 is 1.84 bits per heavy atom. The fourth-order valence-corrected chi connectivity index (χ4v) is 2.84. The summed E-state index contributed by atoms with van der Waals surface area (Å²) in [6, 6.07) is 0.0639. The van der Waals surface area contributed by atoms with E-state index in [1.807, 2.05) is 5.32 Å². The van der Waals surface area contributed by atoms with Gasteiger partial charge in [0, 0.05) is 6.07 Å². The number of aromatic nitrogens is 4. The van der Waals surface area contributed by atoms with Crippen LogP contribution in [0.25, 0.3) is 11.2 Å². The summed E-state index contributed by atoms with van der Waals surface area (Å²) in [5.74, 6) is -7.43. The molecule has 0 fully saturated rings. The molecule has 11 heteroatoms. The van der Waals surface area contributed by atoms with Gasteiger partial charge in [-0.3, -0.25) is 4.79 Å². The topological polar surface area (TPSA) is 83.6 Å². The largest absolute Gasteiger partial charge is 0.341 e. The third kappa shape index (κ3) is 3.27. The number of imidazole rings is 1. The van der Waals surface area contributed by atoms with Crippen LogP contribution in [0.3, 0.4) is 0 Å². The first-order chi connectivity index (χ1) is 11.9. The second kappa shape index (κ2) is 6.67. The summed E-state index contributed by atoms with van der Waals surface area (Å²) in [5.41, 5.74) is -0.306. The Balaban J connectivity index is 1.81. The van der Waals surface area contributed by atoms with E-state index < -0.39 is 40.1 Å². The fourth-order valence-electron chi connectivity index (χ4n) is 1.96. The average Bonchev–Trinajstić information content (AvgIpc) is 3.06. The molecule has 1 aromatic carbocycles. The van der Waals surface area contributed by atoms with Gasteiger partial charge in [0.1, 0.15) is 22.6 Å². The van der Waals surface area contributed by atoms with E-state index in [4.69, 9.17) is 0 Å². The van der Waals surface area contributed by atoms with Gasteiger partial charge in [0.15, 0.2) is 28.9 Å². The van der Waals surface area contributed by atoms with Gasteiger partial charge in [0.25, 0.3) is 0 Å². The third-order valence-corrected chi connectivity index (χ3v) is 4.31. The third-order valence-electron chi connectivity index (χ3n) is 3.21. The number of hydrogen-bond acceptors (Lipinski definition) is 5. The Hall–Kier alpha value is -2.69. The second-order valence-corrected chi connectivity index (χ2v) is 6.20. The van der Waals surface area contributed by atoms with Gasteiger partial charge in [-0.1, -0.05) is 11.8 Å². The minimum Gasteiger partial charge on any atom is -0.341 e. The van der Waals surface area contributed by atoms with E-state index >= 15 is 0 Å². The van der Waals surface area contributed by atoms with Crippen LogP contribution in [0, 0.1) is 23.3 Å². The molecule has 3 aromatic rings. The molecule has 2 heterocycles. The monoisotopic (exact) mass is 371 g/mol. The Kier molecular flexibility index (Phi) is 4.57. The van der Waals surface area contributed by atoms with Gasteiger partial charge >= 0.3 is 0 Å². The summed E-state index contributed by atoms with van der Waals surface area (Å²) in [6.45, 7) is 1.44. The standard InChI is InChI=1S/C14H9F4N5OS/c1-5(25-14-11-12(20-3-19-11)21-4-22-14)13(24)23-10-8(17)6(15)2-7(16)9(10)18/h2-5H,1H3,(H,23,24)(H,19,20,21,22)/t5-/m1/s1. The number of benzene rings is 1. The van der Waals surface area contributed by atoms with Crippen molar-refractivity contribution in [3.63, 3.8) is 0 Å². The lowest BCUT2D eigenvalue weighted by Gasteiger charge is -2.13. The Morgan fingerprint density at radius 1 is 1.16 bits per heavy atom. The first kappa shape index (κ1) is 17.1. The van der Waals surface area contributed by atoms with Crippen molar-refractivity contribution in [1.29, 1.82) is 0 Å². The first-order valence-electron chi connectivity index (χ1n) is 6.83. The SMILES string of the molecule is C[C@@H](Sc1ncnc2nc[nH]c12)C(=O)Nc1c(F)c(F)cc(F)c1F. The van der Waals surface area contributed by atoms with Crippen molar-refractivity contribution < 1.29 is 22.4 Å². The molecular formula is C14H9F4N5OS. The molecule has 0 unspecified atom stereocenters. The molecule has 0 aliphatic heterocycles. The van der Waals surface area contributed by atoms with E-state index in [1.165, 1.54) is 19.6 Å². The molecule has 130 valence electrons. The molecule has 0 bridgehead atoms. The van der Waals surface area contributed by atoms with Crippen molar-refractivity contribution in [1.82, 2.24) is 19.9 Å². The number of nitrogens with zero attached hydrogens (tertiary/aromatic N) is 3. The summed E-state index contributed by atoms with van der Waals surface area (Å²) in [5, 5.41) is 1.37. The summed E-state index contributed by atoms with van der Waals surface area (Å²) >= 11 is 0.958. The summed E-state index contributed by atoms with van der Waals surface area (Å²) in [4.78, 5) is 26.8. The lowest BCUT2D eigenvalue weighted by molar-refractivity contribution is -0.115. The smallest absolute Gasteiger partial charge is 0.237 e. The lowest BCUT2D eigenvalue weighted by atomic mass is 10.2. The molecule has 0 aliphatic carbocycles. The van der Waals surface area contributed by atoms with E-state index in [-0.39, 0.29) is 6.07 Å². The molecule has 0 radical (unpaired) electrons. The summed E-state index contributed by atoms with van der Waals surface area (Å²) in [7, 11) is 0. The first-order valence-corrected chi connectivity index (χ1v) is 7.71. The minimum absolute atomic E-state index is 0.0639. The maximum Gasteiger partial charge on any atom is 0.237 e. The molecule has 6 nitrogen and oxygen atoms in total. The van der Waals surface area contributed by atoms with Crippen molar-refractivity contribution in [3.05, 3.63) is 42.0 Å². The Bertz CT molecular complexity index is 938. The molecule has 0 saturated heterocycles. The number of nitrogens with one attached hydrogen (secondary N) is 2. The Labute approximate surface area is 142 Å². The quantitative estimate of drug-likeness (QED) is 0.319. The Morgan fingerprint density at radius 3 is 2.52 bits per heavy atom.